The minimum Gasteiger partial charge on any atom is -0.385 e. The average Bonchev–Trinajstić information content (AvgIpc) is 2.79. The summed E-state index contributed by atoms with van der Waals surface area (Å²) in [5.74, 6) is -0.531. The molecule has 2 aromatic heterocycles. The monoisotopic (exact) mass is 476 g/mol. The molecule has 0 fully saturated rings. The van der Waals surface area contributed by atoms with E-state index in [-0.39, 0.29) is 12.4 Å². The Kier molecular flexibility index (Phi) is 6.37. The first-order valence-corrected chi connectivity index (χ1v) is 10.7. The first kappa shape index (κ1) is 22.8. The van der Waals surface area contributed by atoms with Gasteiger partial charge in [-0.05, 0) is 37.3 Å². The van der Waals surface area contributed by atoms with Crippen LogP contribution in [-0.2, 0) is 19.1 Å². The van der Waals surface area contributed by atoms with Crippen molar-refractivity contribution in [2.75, 3.05) is 28.6 Å². The van der Waals surface area contributed by atoms with E-state index in [0.29, 0.717) is 52.9 Å². The van der Waals surface area contributed by atoms with Gasteiger partial charge in [-0.3, -0.25) is 5.41 Å². The number of nitrogens with one attached hydrogen (secondary N) is 2. The first-order valence-electron chi connectivity index (χ1n) is 10.3. The Morgan fingerprint density at radius 1 is 1.24 bits per heavy atom. The zero-order valence-electron chi connectivity index (χ0n) is 17.7. The molecule has 0 radical (unpaired) electrons. The van der Waals surface area contributed by atoms with Crippen LogP contribution in [0.5, 0.6) is 0 Å². The molecule has 11 heteroatoms. The molecule has 33 heavy (non-hydrogen) atoms. The van der Waals surface area contributed by atoms with Gasteiger partial charge in [0.05, 0.1) is 16.3 Å². The summed E-state index contributed by atoms with van der Waals surface area (Å²) in [5, 5.41) is 12.4. The van der Waals surface area contributed by atoms with Crippen molar-refractivity contribution in [2.24, 2.45) is 0 Å². The highest BCUT2D eigenvalue weighted by Gasteiger charge is 2.37. The van der Waals surface area contributed by atoms with Crippen LogP contribution in [0, 0.1) is 0 Å². The number of nitrogens with zero attached hydrogens (tertiary/aromatic N) is 4. The summed E-state index contributed by atoms with van der Waals surface area (Å²) < 4.78 is 40.5. The molecule has 0 aliphatic carbocycles. The predicted molar refractivity (Wildman–Crippen MR) is 122 cm³/mol. The van der Waals surface area contributed by atoms with Crippen molar-refractivity contribution < 1.29 is 18.6 Å². The average molecular weight is 477 g/mol. The fourth-order valence-electron chi connectivity index (χ4n) is 3.70. The van der Waals surface area contributed by atoms with Gasteiger partial charge in [-0.1, -0.05) is 11.6 Å². The lowest BCUT2D eigenvalue weighted by Crippen LogP contribution is -2.33. The molecule has 172 valence electrons. The van der Waals surface area contributed by atoms with Crippen LogP contribution in [0.1, 0.15) is 29.6 Å². The van der Waals surface area contributed by atoms with E-state index in [1.165, 1.54) is 6.21 Å². The molecule has 3 aromatic rings. The third kappa shape index (κ3) is 4.85. The molecule has 0 spiro atoms. The van der Waals surface area contributed by atoms with E-state index >= 15 is 0 Å². The Hall–Kier alpha value is -3.40. The molecule has 1 aromatic carbocycles. The highest BCUT2D eigenvalue weighted by molar-refractivity contribution is 6.32. The number of aromatic nitrogens is 3. The maximum absolute atomic E-state index is 13.5. The smallest absolute Gasteiger partial charge is 0.385 e. The Morgan fingerprint density at radius 2 is 2.06 bits per heavy atom. The zero-order chi connectivity index (χ0) is 23.6. The number of hydrogen-bond acceptors (Lipinski definition) is 6. The maximum atomic E-state index is 13.5. The molecule has 0 saturated heterocycles. The summed E-state index contributed by atoms with van der Waals surface area (Å²) in [5.41, 5.74) is 2.99. The molecule has 0 saturated carbocycles. The van der Waals surface area contributed by atoms with Crippen molar-refractivity contribution in [2.45, 2.75) is 26.1 Å². The van der Waals surface area contributed by atoms with Gasteiger partial charge in [0.15, 0.2) is 6.21 Å². The third-order valence-electron chi connectivity index (χ3n) is 5.21. The second-order valence-corrected chi connectivity index (χ2v) is 7.83. The second-order valence-electron chi connectivity index (χ2n) is 7.42. The normalized spacial score (nSPS) is 13.4. The van der Waals surface area contributed by atoms with E-state index in [0.717, 1.165) is 5.69 Å². The van der Waals surface area contributed by atoms with E-state index in [9.17, 15) is 13.2 Å². The Labute approximate surface area is 193 Å². The number of rotatable bonds is 6. The molecule has 1 aliphatic heterocycles. The number of nitrogens with two attached hydrogens (primary N) is 1. The van der Waals surface area contributed by atoms with Crippen molar-refractivity contribution in [3.05, 3.63) is 64.2 Å². The van der Waals surface area contributed by atoms with Gasteiger partial charge in [-0.15, -0.1) is 0 Å². The predicted octanol–water partition coefficient (Wildman–Crippen LogP) is 3.46. The molecule has 4 N–H and O–H groups in total. The molecule has 0 bridgehead atoms. The lowest BCUT2D eigenvalue weighted by Gasteiger charge is -2.31. The van der Waals surface area contributed by atoms with Crippen molar-refractivity contribution >= 4 is 40.8 Å². The summed E-state index contributed by atoms with van der Waals surface area (Å²) in [6.07, 6.45) is -1.32. The molecule has 0 atom stereocenters. The Bertz CT molecular complexity index is 1180. The number of alkyl halides is 3. The van der Waals surface area contributed by atoms with E-state index in [2.05, 4.69) is 25.6 Å². The molecule has 1 aliphatic rings. The summed E-state index contributed by atoms with van der Waals surface area (Å²) in [7, 11) is 0. The van der Waals surface area contributed by atoms with E-state index < -0.39 is 12.0 Å². The molecule has 0 amide bonds. The lowest BCUT2D eigenvalue weighted by molar-refractivity contribution is -0.145. The Balaban J connectivity index is 1.74. The minimum atomic E-state index is -4.67. The maximum Gasteiger partial charge on any atom is 0.451 e. The van der Waals surface area contributed by atoms with Crippen LogP contribution in [0.25, 0.3) is 0 Å². The number of halogens is 4. The highest BCUT2D eigenvalue weighted by atomic mass is 35.5. The SMILES string of the molecule is CCNc1ccc(Nc2nc(C(F)(F)F)nc3c2CN(c2ncccc2Cl)CC3)cc1C=[NH2+]. The lowest BCUT2D eigenvalue weighted by atomic mass is 10.1. The quantitative estimate of drug-likeness (QED) is 0.472. The van der Waals surface area contributed by atoms with E-state index in [1.807, 2.05) is 17.9 Å². The summed E-state index contributed by atoms with van der Waals surface area (Å²) in [6.45, 7) is 3.35. The molecule has 4 rings (SSSR count). The molecular formula is C22H22ClF3N7+. The van der Waals surface area contributed by atoms with E-state index in [4.69, 9.17) is 17.0 Å². The zero-order valence-corrected chi connectivity index (χ0v) is 18.5. The van der Waals surface area contributed by atoms with Gasteiger partial charge in [0.2, 0.25) is 5.82 Å². The van der Waals surface area contributed by atoms with Crippen LogP contribution in [0.2, 0.25) is 5.02 Å². The van der Waals surface area contributed by atoms with Crippen molar-refractivity contribution in [1.29, 1.82) is 0 Å². The Morgan fingerprint density at radius 3 is 2.76 bits per heavy atom. The largest absolute Gasteiger partial charge is 0.451 e. The van der Waals surface area contributed by atoms with Crippen LogP contribution in [0.3, 0.4) is 0 Å². The third-order valence-corrected chi connectivity index (χ3v) is 5.51. The summed E-state index contributed by atoms with van der Waals surface area (Å²) in [4.78, 5) is 13.9. The topological polar surface area (TPSA) is 91.6 Å². The van der Waals surface area contributed by atoms with Crippen LogP contribution < -0.4 is 20.9 Å². The number of hydrogen-bond donors (Lipinski definition) is 3. The van der Waals surface area contributed by atoms with Crippen molar-refractivity contribution in [1.82, 2.24) is 15.0 Å². The standard InChI is InChI=1S/C22H21ClF3N7/c1-2-28-17-6-5-14(10-13(17)11-27)30-19-15-12-33(20-16(23)4-3-8-29-20)9-7-18(15)31-21(32-19)22(24,25)26/h3-6,8,10-11,27-28H,2,7,9,12H2,1H3,(H,30,31,32)/p+1. The van der Waals surface area contributed by atoms with Gasteiger partial charge in [-0.2, -0.15) is 13.2 Å². The fourth-order valence-corrected chi connectivity index (χ4v) is 3.94. The minimum absolute atomic E-state index is 0.0863. The van der Waals surface area contributed by atoms with Crippen LogP contribution in [0.15, 0.2) is 36.5 Å². The molecule has 3 heterocycles. The first-order chi connectivity index (χ1) is 15.8. The van der Waals surface area contributed by atoms with Crippen molar-refractivity contribution in [3.8, 4) is 0 Å². The van der Waals surface area contributed by atoms with Crippen LogP contribution in [0.4, 0.5) is 36.2 Å². The van der Waals surface area contributed by atoms with Gasteiger partial charge in [0, 0.05) is 49.2 Å². The number of fused-ring (bicyclic) bond motifs is 1. The fraction of sp³-hybridized carbons (Fsp3) is 0.273. The van der Waals surface area contributed by atoms with Crippen LogP contribution in [-0.4, -0.2) is 34.3 Å². The number of benzene rings is 1. The molecular weight excluding hydrogens is 455 g/mol. The number of anilines is 4. The number of pyridine rings is 1. The van der Waals surface area contributed by atoms with Gasteiger partial charge in [0.1, 0.15) is 11.6 Å². The second kappa shape index (κ2) is 9.22. The molecule has 0 unspecified atom stereocenters. The summed E-state index contributed by atoms with van der Waals surface area (Å²) in [6, 6.07) is 8.75. The van der Waals surface area contributed by atoms with Gasteiger partial charge in [0.25, 0.3) is 0 Å². The van der Waals surface area contributed by atoms with Gasteiger partial charge >= 0.3 is 6.18 Å². The van der Waals surface area contributed by atoms with Crippen molar-refractivity contribution in [3.63, 3.8) is 0 Å². The van der Waals surface area contributed by atoms with E-state index in [1.54, 1.807) is 30.5 Å². The van der Waals surface area contributed by atoms with Crippen LogP contribution >= 0.6 is 11.6 Å². The summed E-state index contributed by atoms with van der Waals surface area (Å²) >= 11 is 6.29. The molecule has 7 nitrogen and oxygen atoms in total. The van der Waals surface area contributed by atoms with Gasteiger partial charge < -0.3 is 15.5 Å². The van der Waals surface area contributed by atoms with Gasteiger partial charge in [-0.25, -0.2) is 15.0 Å². The highest BCUT2D eigenvalue weighted by Crippen LogP contribution is 2.35.